The second-order valence-electron chi connectivity index (χ2n) is 5.55. The van der Waals surface area contributed by atoms with Gasteiger partial charge in [-0.2, -0.15) is 0 Å². The van der Waals surface area contributed by atoms with Crippen molar-refractivity contribution in [3.63, 3.8) is 0 Å². The van der Waals surface area contributed by atoms with Gasteiger partial charge in [0.15, 0.2) is 0 Å². The third-order valence-electron chi connectivity index (χ3n) is 4.05. The quantitative estimate of drug-likeness (QED) is 0.944. The molecular weight excluding hydrogens is 276 g/mol. The smallest absolute Gasteiger partial charge is 0.255 e. The SMILES string of the molecule is COc1ccc(C(=O)Nc2ccc3c(c2)N(C)CCC3)cc1. The molecule has 0 unspecified atom stereocenters. The summed E-state index contributed by atoms with van der Waals surface area (Å²) in [5.74, 6) is 0.632. The van der Waals surface area contributed by atoms with E-state index in [4.69, 9.17) is 4.74 Å². The van der Waals surface area contributed by atoms with Crippen LogP contribution in [0.1, 0.15) is 22.3 Å². The number of carbonyl (C=O) groups excluding carboxylic acids is 1. The lowest BCUT2D eigenvalue weighted by molar-refractivity contribution is 0.102. The molecule has 22 heavy (non-hydrogen) atoms. The van der Waals surface area contributed by atoms with E-state index in [0.29, 0.717) is 5.56 Å². The van der Waals surface area contributed by atoms with Crippen molar-refractivity contribution in [1.29, 1.82) is 0 Å². The third kappa shape index (κ3) is 2.91. The Hall–Kier alpha value is -2.49. The van der Waals surface area contributed by atoms with Gasteiger partial charge in [0.2, 0.25) is 0 Å². The molecule has 0 aromatic heterocycles. The summed E-state index contributed by atoms with van der Waals surface area (Å²) >= 11 is 0. The maximum Gasteiger partial charge on any atom is 0.255 e. The summed E-state index contributed by atoms with van der Waals surface area (Å²) < 4.78 is 5.10. The molecule has 1 aliphatic heterocycles. The van der Waals surface area contributed by atoms with Gasteiger partial charge in [0.1, 0.15) is 5.75 Å². The summed E-state index contributed by atoms with van der Waals surface area (Å²) in [4.78, 5) is 14.5. The van der Waals surface area contributed by atoms with E-state index in [0.717, 1.165) is 24.4 Å². The van der Waals surface area contributed by atoms with Crippen LogP contribution in [-0.2, 0) is 6.42 Å². The first-order valence-electron chi connectivity index (χ1n) is 7.47. The van der Waals surface area contributed by atoms with E-state index in [1.165, 1.54) is 17.7 Å². The Labute approximate surface area is 130 Å². The first-order valence-corrected chi connectivity index (χ1v) is 7.47. The largest absolute Gasteiger partial charge is 0.497 e. The molecular formula is C18H20N2O2. The Bertz CT molecular complexity index is 680. The summed E-state index contributed by atoms with van der Waals surface area (Å²) in [5.41, 5.74) is 4.00. The third-order valence-corrected chi connectivity index (χ3v) is 4.05. The number of rotatable bonds is 3. The van der Waals surface area contributed by atoms with Gasteiger partial charge in [-0.3, -0.25) is 4.79 Å². The second kappa shape index (κ2) is 6.10. The summed E-state index contributed by atoms with van der Waals surface area (Å²) in [6, 6.07) is 13.2. The topological polar surface area (TPSA) is 41.6 Å². The van der Waals surface area contributed by atoms with E-state index in [2.05, 4.69) is 29.4 Å². The molecule has 1 heterocycles. The predicted molar refractivity (Wildman–Crippen MR) is 89.0 cm³/mol. The highest BCUT2D eigenvalue weighted by atomic mass is 16.5. The number of benzene rings is 2. The zero-order chi connectivity index (χ0) is 15.5. The molecule has 4 nitrogen and oxygen atoms in total. The minimum Gasteiger partial charge on any atom is -0.497 e. The molecule has 0 atom stereocenters. The molecule has 2 aromatic rings. The molecule has 1 N–H and O–H groups in total. The summed E-state index contributed by atoms with van der Waals surface area (Å²) in [6.07, 6.45) is 2.29. The average Bonchev–Trinajstić information content (AvgIpc) is 2.55. The van der Waals surface area contributed by atoms with Gasteiger partial charge < -0.3 is 15.0 Å². The van der Waals surface area contributed by atoms with E-state index in [-0.39, 0.29) is 5.91 Å². The highest BCUT2D eigenvalue weighted by Gasteiger charge is 2.14. The van der Waals surface area contributed by atoms with Crippen LogP contribution >= 0.6 is 0 Å². The van der Waals surface area contributed by atoms with Gasteiger partial charge in [0.05, 0.1) is 7.11 Å². The van der Waals surface area contributed by atoms with Crippen molar-refractivity contribution >= 4 is 17.3 Å². The highest BCUT2D eigenvalue weighted by molar-refractivity contribution is 6.04. The average molecular weight is 296 g/mol. The number of methoxy groups -OCH3 is 1. The maximum absolute atomic E-state index is 12.3. The number of carbonyl (C=O) groups is 1. The van der Waals surface area contributed by atoms with Crippen LogP contribution in [-0.4, -0.2) is 26.6 Å². The first kappa shape index (κ1) is 14.4. The highest BCUT2D eigenvalue weighted by Crippen LogP contribution is 2.29. The summed E-state index contributed by atoms with van der Waals surface area (Å²) in [5, 5.41) is 2.96. The van der Waals surface area contributed by atoms with E-state index < -0.39 is 0 Å². The molecule has 0 radical (unpaired) electrons. The molecule has 0 saturated carbocycles. The van der Waals surface area contributed by atoms with Crippen LogP contribution < -0.4 is 15.0 Å². The molecule has 0 aliphatic carbocycles. The molecule has 0 bridgehead atoms. The van der Waals surface area contributed by atoms with Crippen molar-refractivity contribution in [2.45, 2.75) is 12.8 Å². The molecule has 0 saturated heterocycles. The van der Waals surface area contributed by atoms with Crippen LogP contribution in [0.5, 0.6) is 5.75 Å². The van der Waals surface area contributed by atoms with Gasteiger partial charge in [-0.15, -0.1) is 0 Å². The Balaban J connectivity index is 1.77. The molecule has 1 amide bonds. The van der Waals surface area contributed by atoms with Gasteiger partial charge >= 0.3 is 0 Å². The lowest BCUT2D eigenvalue weighted by atomic mass is 10.0. The number of hydrogen-bond acceptors (Lipinski definition) is 3. The number of hydrogen-bond donors (Lipinski definition) is 1. The van der Waals surface area contributed by atoms with E-state index in [1.807, 2.05) is 6.07 Å². The number of aryl methyl sites for hydroxylation is 1. The summed E-state index contributed by atoms with van der Waals surface area (Å²) in [6.45, 7) is 1.06. The van der Waals surface area contributed by atoms with Crippen molar-refractivity contribution in [2.75, 3.05) is 30.9 Å². The fraction of sp³-hybridized carbons (Fsp3) is 0.278. The van der Waals surface area contributed by atoms with Crippen LogP contribution in [0, 0.1) is 0 Å². The Kier molecular flexibility index (Phi) is 4.00. The van der Waals surface area contributed by atoms with E-state index in [9.17, 15) is 4.79 Å². The molecule has 2 aromatic carbocycles. The van der Waals surface area contributed by atoms with Gasteiger partial charge in [-0.05, 0) is 54.8 Å². The number of anilines is 2. The minimum absolute atomic E-state index is 0.110. The lowest BCUT2D eigenvalue weighted by Crippen LogP contribution is -2.24. The second-order valence-corrected chi connectivity index (χ2v) is 5.55. The molecule has 0 fully saturated rings. The van der Waals surface area contributed by atoms with Crippen molar-refractivity contribution in [1.82, 2.24) is 0 Å². The molecule has 1 aliphatic rings. The molecule has 3 rings (SSSR count). The molecule has 0 spiro atoms. The fourth-order valence-corrected chi connectivity index (χ4v) is 2.78. The van der Waals surface area contributed by atoms with Gasteiger partial charge in [0.25, 0.3) is 5.91 Å². The fourth-order valence-electron chi connectivity index (χ4n) is 2.78. The number of nitrogens with one attached hydrogen (secondary N) is 1. The maximum atomic E-state index is 12.3. The Morgan fingerprint density at radius 3 is 2.68 bits per heavy atom. The van der Waals surface area contributed by atoms with E-state index >= 15 is 0 Å². The number of ether oxygens (including phenoxy) is 1. The Morgan fingerprint density at radius 2 is 1.95 bits per heavy atom. The van der Waals surface area contributed by atoms with Gasteiger partial charge in [-0.1, -0.05) is 6.07 Å². The van der Waals surface area contributed by atoms with Crippen molar-refractivity contribution in [3.05, 3.63) is 53.6 Å². The van der Waals surface area contributed by atoms with Crippen LogP contribution in [0.3, 0.4) is 0 Å². The zero-order valence-corrected chi connectivity index (χ0v) is 12.9. The van der Waals surface area contributed by atoms with Crippen molar-refractivity contribution < 1.29 is 9.53 Å². The number of amides is 1. The van der Waals surface area contributed by atoms with Crippen LogP contribution in [0.25, 0.3) is 0 Å². The van der Waals surface area contributed by atoms with Gasteiger partial charge in [-0.25, -0.2) is 0 Å². The molecule has 4 heteroatoms. The van der Waals surface area contributed by atoms with Crippen LogP contribution in [0.2, 0.25) is 0 Å². The number of fused-ring (bicyclic) bond motifs is 1. The van der Waals surface area contributed by atoms with Crippen molar-refractivity contribution in [2.24, 2.45) is 0 Å². The predicted octanol–water partition coefficient (Wildman–Crippen LogP) is 3.33. The Morgan fingerprint density at radius 1 is 1.18 bits per heavy atom. The van der Waals surface area contributed by atoms with Crippen molar-refractivity contribution in [3.8, 4) is 5.75 Å². The summed E-state index contributed by atoms with van der Waals surface area (Å²) in [7, 11) is 3.70. The number of nitrogens with zero attached hydrogens (tertiary/aromatic N) is 1. The normalized spacial score (nSPS) is 13.5. The van der Waals surface area contributed by atoms with Crippen LogP contribution in [0.15, 0.2) is 42.5 Å². The lowest BCUT2D eigenvalue weighted by Gasteiger charge is -2.28. The molecule has 114 valence electrons. The first-order chi connectivity index (χ1) is 10.7. The minimum atomic E-state index is -0.110. The van der Waals surface area contributed by atoms with Crippen LogP contribution in [0.4, 0.5) is 11.4 Å². The standard InChI is InChI=1S/C18H20N2O2/c1-20-11-3-4-13-5-8-15(12-17(13)20)19-18(21)14-6-9-16(22-2)10-7-14/h5-10,12H,3-4,11H2,1-2H3,(H,19,21). The van der Waals surface area contributed by atoms with E-state index in [1.54, 1.807) is 31.4 Å². The zero-order valence-electron chi connectivity index (χ0n) is 12.9. The monoisotopic (exact) mass is 296 g/mol. The van der Waals surface area contributed by atoms with Gasteiger partial charge in [0, 0.05) is 30.5 Å².